The second kappa shape index (κ2) is 5.25. The number of nitrogens with zero attached hydrogens (tertiary/aromatic N) is 1. The van der Waals surface area contributed by atoms with E-state index in [0.29, 0.717) is 18.8 Å². The minimum absolute atomic E-state index is 0.228. The summed E-state index contributed by atoms with van der Waals surface area (Å²) in [6, 6.07) is 14.1. The van der Waals surface area contributed by atoms with Crippen molar-refractivity contribution < 1.29 is 9.13 Å². The van der Waals surface area contributed by atoms with Gasteiger partial charge in [0.15, 0.2) is 0 Å². The fraction of sp³-hybridized carbons (Fsp3) is 0.125. The van der Waals surface area contributed by atoms with Gasteiger partial charge in [-0.15, -0.1) is 0 Å². The second-order valence-electron chi connectivity index (χ2n) is 4.63. The maximum absolute atomic E-state index is 13.3. The van der Waals surface area contributed by atoms with Crippen LogP contribution in [0.5, 0.6) is 5.75 Å². The number of hydrogen-bond donors (Lipinski definition) is 1. The molecule has 0 amide bonds. The highest BCUT2D eigenvalue weighted by Crippen LogP contribution is 2.18. The van der Waals surface area contributed by atoms with Gasteiger partial charge < -0.3 is 15.0 Å². The van der Waals surface area contributed by atoms with Crippen LogP contribution in [0.25, 0.3) is 10.9 Å². The average Bonchev–Trinajstić information content (AvgIpc) is 2.82. The standard InChI is InChI=1S/C16H15FN2O/c17-13-5-4-12-6-7-19(16(12)10-13)8-9-20-15-3-1-2-14(18)11-15/h1-7,10-11H,8-9,18H2. The van der Waals surface area contributed by atoms with Crippen molar-refractivity contribution in [3.05, 3.63) is 60.5 Å². The molecule has 0 atom stereocenters. The molecule has 0 aliphatic carbocycles. The zero-order valence-corrected chi connectivity index (χ0v) is 10.9. The van der Waals surface area contributed by atoms with E-state index in [-0.39, 0.29) is 5.82 Å². The summed E-state index contributed by atoms with van der Waals surface area (Å²) in [6.45, 7) is 1.16. The third-order valence-corrected chi connectivity index (χ3v) is 3.19. The molecule has 0 fully saturated rings. The molecule has 0 aliphatic rings. The highest BCUT2D eigenvalue weighted by Gasteiger charge is 2.02. The summed E-state index contributed by atoms with van der Waals surface area (Å²) in [4.78, 5) is 0. The molecule has 3 rings (SSSR count). The zero-order chi connectivity index (χ0) is 13.9. The molecular weight excluding hydrogens is 255 g/mol. The van der Waals surface area contributed by atoms with Gasteiger partial charge in [-0.25, -0.2) is 4.39 Å². The lowest BCUT2D eigenvalue weighted by Crippen LogP contribution is -2.07. The largest absolute Gasteiger partial charge is 0.492 e. The molecule has 0 spiro atoms. The van der Waals surface area contributed by atoms with Gasteiger partial charge >= 0.3 is 0 Å². The van der Waals surface area contributed by atoms with E-state index in [1.54, 1.807) is 12.1 Å². The summed E-state index contributed by atoms with van der Waals surface area (Å²) in [5.41, 5.74) is 7.24. The number of ether oxygens (including phenoxy) is 1. The number of nitrogen functional groups attached to an aromatic ring is 1. The molecular formula is C16H15FN2O. The van der Waals surface area contributed by atoms with E-state index in [0.717, 1.165) is 16.7 Å². The lowest BCUT2D eigenvalue weighted by molar-refractivity contribution is 0.300. The average molecular weight is 270 g/mol. The van der Waals surface area contributed by atoms with Gasteiger partial charge in [-0.1, -0.05) is 6.07 Å². The Balaban J connectivity index is 1.69. The lowest BCUT2D eigenvalue weighted by atomic mass is 10.2. The predicted molar refractivity (Wildman–Crippen MR) is 78.2 cm³/mol. The predicted octanol–water partition coefficient (Wildman–Crippen LogP) is 3.44. The summed E-state index contributed by atoms with van der Waals surface area (Å²) in [5, 5.41) is 1.02. The Labute approximate surface area is 116 Å². The van der Waals surface area contributed by atoms with Crippen LogP contribution in [0.3, 0.4) is 0 Å². The SMILES string of the molecule is Nc1cccc(OCCn2ccc3ccc(F)cc32)c1. The number of rotatable bonds is 4. The first-order valence-corrected chi connectivity index (χ1v) is 6.45. The van der Waals surface area contributed by atoms with Gasteiger partial charge in [0, 0.05) is 18.0 Å². The molecule has 2 N–H and O–H groups in total. The van der Waals surface area contributed by atoms with Crippen LogP contribution in [0.15, 0.2) is 54.7 Å². The van der Waals surface area contributed by atoms with E-state index in [4.69, 9.17) is 10.5 Å². The van der Waals surface area contributed by atoms with Crippen molar-refractivity contribution in [2.24, 2.45) is 0 Å². The Morgan fingerprint density at radius 1 is 1.10 bits per heavy atom. The van der Waals surface area contributed by atoms with Crippen LogP contribution in [0.4, 0.5) is 10.1 Å². The summed E-state index contributed by atoms with van der Waals surface area (Å²) in [5.74, 6) is 0.516. The van der Waals surface area contributed by atoms with Crippen molar-refractivity contribution in [2.75, 3.05) is 12.3 Å². The van der Waals surface area contributed by atoms with Crippen molar-refractivity contribution in [3.8, 4) is 5.75 Å². The molecule has 1 aromatic heterocycles. The van der Waals surface area contributed by atoms with Gasteiger partial charge in [-0.05, 0) is 41.8 Å². The molecule has 4 heteroatoms. The highest BCUT2D eigenvalue weighted by atomic mass is 19.1. The van der Waals surface area contributed by atoms with E-state index in [2.05, 4.69) is 0 Å². The topological polar surface area (TPSA) is 40.2 Å². The molecule has 3 nitrogen and oxygen atoms in total. The van der Waals surface area contributed by atoms with E-state index in [1.807, 2.05) is 35.0 Å². The minimum atomic E-state index is -0.228. The van der Waals surface area contributed by atoms with Crippen LogP contribution in [-0.2, 0) is 6.54 Å². The lowest BCUT2D eigenvalue weighted by Gasteiger charge is -2.08. The normalized spacial score (nSPS) is 10.8. The Morgan fingerprint density at radius 3 is 2.85 bits per heavy atom. The third kappa shape index (κ3) is 2.59. The van der Waals surface area contributed by atoms with Crippen molar-refractivity contribution in [1.82, 2.24) is 4.57 Å². The monoisotopic (exact) mass is 270 g/mol. The summed E-state index contributed by atoms with van der Waals surface area (Å²) >= 11 is 0. The zero-order valence-electron chi connectivity index (χ0n) is 10.9. The first-order chi connectivity index (χ1) is 9.72. The smallest absolute Gasteiger partial charge is 0.125 e. The van der Waals surface area contributed by atoms with Gasteiger partial charge in [-0.3, -0.25) is 0 Å². The van der Waals surface area contributed by atoms with Crippen LogP contribution in [0, 0.1) is 5.82 Å². The number of anilines is 1. The number of nitrogens with two attached hydrogens (primary N) is 1. The number of benzene rings is 2. The van der Waals surface area contributed by atoms with Crippen molar-refractivity contribution >= 4 is 16.6 Å². The molecule has 0 saturated heterocycles. The Kier molecular flexibility index (Phi) is 3.29. The number of aromatic nitrogens is 1. The number of halogens is 1. The Morgan fingerprint density at radius 2 is 2.00 bits per heavy atom. The van der Waals surface area contributed by atoms with Crippen LogP contribution in [0.2, 0.25) is 0 Å². The minimum Gasteiger partial charge on any atom is -0.492 e. The maximum Gasteiger partial charge on any atom is 0.125 e. The van der Waals surface area contributed by atoms with Crippen molar-refractivity contribution in [3.63, 3.8) is 0 Å². The second-order valence-corrected chi connectivity index (χ2v) is 4.63. The first kappa shape index (κ1) is 12.5. The molecule has 0 radical (unpaired) electrons. The molecule has 3 aromatic rings. The molecule has 0 aliphatic heterocycles. The Hall–Kier alpha value is -2.49. The van der Waals surface area contributed by atoms with Gasteiger partial charge in [0.25, 0.3) is 0 Å². The van der Waals surface area contributed by atoms with E-state index in [9.17, 15) is 4.39 Å². The summed E-state index contributed by atoms with van der Waals surface area (Å²) in [6.07, 6.45) is 1.94. The fourth-order valence-electron chi connectivity index (χ4n) is 2.22. The maximum atomic E-state index is 13.3. The van der Waals surface area contributed by atoms with Crippen LogP contribution in [0.1, 0.15) is 0 Å². The summed E-state index contributed by atoms with van der Waals surface area (Å²) < 4.78 is 20.9. The number of hydrogen-bond acceptors (Lipinski definition) is 2. The highest BCUT2D eigenvalue weighted by molar-refractivity contribution is 5.80. The van der Waals surface area contributed by atoms with Crippen LogP contribution in [-0.4, -0.2) is 11.2 Å². The molecule has 2 aromatic carbocycles. The van der Waals surface area contributed by atoms with Gasteiger partial charge in [0.05, 0.1) is 12.1 Å². The van der Waals surface area contributed by atoms with Crippen molar-refractivity contribution in [2.45, 2.75) is 6.54 Å². The molecule has 0 saturated carbocycles. The van der Waals surface area contributed by atoms with Gasteiger partial charge in [0.2, 0.25) is 0 Å². The molecule has 102 valence electrons. The van der Waals surface area contributed by atoms with Gasteiger partial charge in [0.1, 0.15) is 18.2 Å². The van der Waals surface area contributed by atoms with Crippen LogP contribution < -0.4 is 10.5 Å². The molecule has 1 heterocycles. The third-order valence-electron chi connectivity index (χ3n) is 3.19. The van der Waals surface area contributed by atoms with Gasteiger partial charge in [-0.2, -0.15) is 0 Å². The van der Waals surface area contributed by atoms with E-state index >= 15 is 0 Å². The Bertz CT molecular complexity index is 736. The van der Waals surface area contributed by atoms with E-state index < -0.39 is 0 Å². The van der Waals surface area contributed by atoms with E-state index in [1.165, 1.54) is 12.1 Å². The number of fused-ring (bicyclic) bond motifs is 1. The fourth-order valence-corrected chi connectivity index (χ4v) is 2.22. The quantitative estimate of drug-likeness (QED) is 0.738. The summed E-state index contributed by atoms with van der Waals surface area (Å²) in [7, 11) is 0. The van der Waals surface area contributed by atoms with Crippen molar-refractivity contribution in [1.29, 1.82) is 0 Å². The van der Waals surface area contributed by atoms with Crippen LogP contribution >= 0.6 is 0 Å². The molecule has 0 bridgehead atoms. The molecule has 20 heavy (non-hydrogen) atoms. The molecule has 0 unspecified atom stereocenters. The first-order valence-electron chi connectivity index (χ1n) is 6.45.